The third kappa shape index (κ3) is 13.5. The lowest BCUT2D eigenvalue weighted by Crippen LogP contribution is -3.00. The van der Waals surface area contributed by atoms with Gasteiger partial charge in [0.1, 0.15) is 37.8 Å². The predicted octanol–water partition coefficient (Wildman–Crippen LogP) is -3.35. The second-order valence-electron chi connectivity index (χ2n) is 7.58. The van der Waals surface area contributed by atoms with Gasteiger partial charge in [-0.2, -0.15) is 0 Å². The Morgan fingerprint density at radius 2 is 0.964 bits per heavy atom. The van der Waals surface area contributed by atoms with E-state index in [0.717, 1.165) is 46.6 Å². The van der Waals surface area contributed by atoms with Crippen LogP contribution < -0.4 is 57.4 Å². The van der Waals surface area contributed by atoms with Crippen molar-refractivity contribution in [3.05, 3.63) is 24.3 Å². The number of ether oxygens (including phenoxy) is 2. The molecule has 0 aliphatic rings. The highest BCUT2D eigenvalue weighted by Gasteiger charge is 2.08. The summed E-state index contributed by atoms with van der Waals surface area (Å²) in [6.07, 6.45) is 0. The molecule has 4 nitrogen and oxygen atoms in total. The fourth-order valence-corrected chi connectivity index (χ4v) is 1.74. The number of halogens is 2. The van der Waals surface area contributed by atoms with Crippen molar-refractivity contribution in [2.75, 3.05) is 67.6 Å². The van der Waals surface area contributed by atoms with E-state index in [9.17, 15) is 0 Å². The highest BCUT2D eigenvalue weighted by atomic mass is 127. The Bertz CT molecular complexity index is 607. The van der Waals surface area contributed by atoms with E-state index in [2.05, 4.69) is 65.7 Å². The summed E-state index contributed by atoms with van der Waals surface area (Å²) in [5.74, 6) is 14.1. The second-order valence-corrected chi connectivity index (χ2v) is 7.58. The fourth-order valence-electron chi connectivity index (χ4n) is 1.74. The molecular weight excluding hydrogens is 578 g/mol. The zero-order valence-electron chi connectivity index (χ0n) is 18.0. The maximum Gasteiger partial charge on any atom is 0.149 e. The minimum Gasteiger partial charge on any atom is -1.00 e. The zero-order chi connectivity index (χ0) is 19.5. The summed E-state index contributed by atoms with van der Waals surface area (Å²) in [7, 11) is 8.68. The molecule has 0 aromatic heterocycles. The molecule has 0 heterocycles. The molecule has 0 atom stereocenters. The van der Waals surface area contributed by atoms with Gasteiger partial charge in [-0.15, -0.1) is 0 Å². The van der Waals surface area contributed by atoms with E-state index >= 15 is 0 Å². The lowest BCUT2D eigenvalue weighted by atomic mass is 10.3. The van der Waals surface area contributed by atoms with Crippen LogP contribution in [0.1, 0.15) is 13.8 Å². The highest BCUT2D eigenvalue weighted by molar-refractivity contribution is 5.31. The molecule has 0 aliphatic carbocycles. The van der Waals surface area contributed by atoms with Crippen molar-refractivity contribution in [1.29, 1.82) is 0 Å². The van der Waals surface area contributed by atoms with Gasteiger partial charge in [0.2, 0.25) is 0 Å². The predicted molar refractivity (Wildman–Crippen MR) is 108 cm³/mol. The maximum absolute atomic E-state index is 5.64. The molecule has 0 radical (unpaired) electrons. The molecule has 1 aromatic rings. The van der Waals surface area contributed by atoms with Crippen LogP contribution in [0.2, 0.25) is 0 Å². The van der Waals surface area contributed by atoms with Crippen molar-refractivity contribution in [1.82, 2.24) is 0 Å². The van der Waals surface area contributed by atoms with Crippen LogP contribution in [-0.2, 0) is 0 Å². The van der Waals surface area contributed by atoms with Gasteiger partial charge >= 0.3 is 0 Å². The lowest BCUT2D eigenvalue weighted by Gasteiger charge is -2.25. The second kappa shape index (κ2) is 15.2. The Morgan fingerprint density at radius 1 is 0.643 bits per heavy atom. The van der Waals surface area contributed by atoms with Gasteiger partial charge in [0.15, 0.2) is 0 Å². The highest BCUT2D eigenvalue weighted by Crippen LogP contribution is 2.17. The Morgan fingerprint density at radius 3 is 1.25 bits per heavy atom. The van der Waals surface area contributed by atoms with Crippen LogP contribution in [0.3, 0.4) is 0 Å². The van der Waals surface area contributed by atoms with Crippen molar-refractivity contribution < 1.29 is 66.4 Å². The largest absolute Gasteiger partial charge is 1.00 e. The van der Waals surface area contributed by atoms with Gasteiger partial charge in [-0.05, 0) is 50.0 Å². The first-order valence-electron chi connectivity index (χ1n) is 9.19. The van der Waals surface area contributed by atoms with E-state index in [1.54, 1.807) is 0 Å². The molecule has 0 amide bonds. The minimum atomic E-state index is 0. The average molecular weight is 612 g/mol. The van der Waals surface area contributed by atoms with Crippen LogP contribution in [0, 0.1) is 23.7 Å². The minimum absolute atomic E-state index is 0. The number of nitrogens with zero attached hydrogens (tertiary/aromatic N) is 2. The first-order chi connectivity index (χ1) is 12.3. The van der Waals surface area contributed by atoms with Crippen molar-refractivity contribution in [2.24, 2.45) is 0 Å². The lowest BCUT2D eigenvalue weighted by molar-refractivity contribution is -0.881. The smallest absolute Gasteiger partial charge is 0.149 e. The van der Waals surface area contributed by atoms with Gasteiger partial charge in [0.25, 0.3) is 0 Å². The molecule has 0 spiro atoms. The molecular formula is C22H34I2N2O2. The molecule has 0 bridgehead atoms. The van der Waals surface area contributed by atoms with E-state index in [1.165, 1.54) is 0 Å². The fraction of sp³-hybridized carbons (Fsp3) is 0.545. The van der Waals surface area contributed by atoms with Crippen LogP contribution in [0.15, 0.2) is 24.3 Å². The van der Waals surface area contributed by atoms with Crippen molar-refractivity contribution in [3.8, 4) is 35.2 Å². The van der Waals surface area contributed by atoms with Gasteiger partial charge in [0.05, 0.1) is 41.3 Å². The number of benzene rings is 1. The Kier molecular flexibility index (Phi) is 16.0. The first-order valence-corrected chi connectivity index (χ1v) is 9.19. The summed E-state index contributed by atoms with van der Waals surface area (Å²) in [6, 6.07) is 7.59. The Labute approximate surface area is 206 Å². The Balaban J connectivity index is 0. The third-order valence-electron chi connectivity index (χ3n) is 4.42. The topological polar surface area (TPSA) is 18.5 Å². The van der Waals surface area contributed by atoms with Crippen LogP contribution in [-0.4, -0.2) is 76.5 Å². The molecule has 0 N–H and O–H groups in total. The molecule has 1 aromatic carbocycles. The van der Waals surface area contributed by atoms with Crippen molar-refractivity contribution in [2.45, 2.75) is 13.8 Å². The van der Waals surface area contributed by atoms with Crippen LogP contribution in [0.25, 0.3) is 0 Å². The summed E-state index contributed by atoms with van der Waals surface area (Å²) >= 11 is 0. The van der Waals surface area contributed by atoms with E-state index < -0.39 is 0 Å². The van der Waals surface area contributed by atoms with E-state index in [-0.39, 0.29) is 48.0 Å². The molecule has 0 saturated heterocycles. The molecule has 0 fully saturated rings. The maximum atomic E-state index is 5.64. The molecule has 0 saturated carbocycles. The third-order valence-corrected chi connectivity index (χ3v) is 4.42. The first kappa shape index (κ1) is 29.5. The van der Waals surface area contributed by atoms with Crippen molar-refractivity contribution >= 4 is 0 Å². The summed E-state index contributed by atoms with van der Waals surface area (Å²) < 4.78 is 13.1. The van der Waals surface area contributed by atoms with E-state index in [0.29, 0.717) is 13.2 Å². The monoisotopic (exact) mass is 612 g/mol. The number of hydrogen-bond acceptors (Lipinski definition) is 2. The number of quaternary nitrogens is 2. The van der Waals surface area contributed by atoms with Crippen molar-refractivity contribution in [3.63, 3.8) is 0 Å². The summed E-state index contributed by atoms with van der Waals surface area (Å²) in [6.45, 7) is 8.94. The molecule has 158 valence electrons. The van der Waals surface area contributed by atoms with Gasteiger partial charge < -0.3 is 66.4 Å². The number of rotatable bonds is 8. The van der Waals surface area contributed by atoms with E-state index in [4.69, 9.17) is 9.47 Å². The molecule has 1 rings (SSSR count). The molecule has 0 aliphatic heterocycles. The van der Waals surface area contributed by atoms with Crippen LogP contribution in [0.4, 0.5) is 0 Å². The molecule has 6 heteroatoms. The standard InChI is InChI=1S/C22H34N2O2.2HI/c1-7-23(3,4)17-9-11-19-25-21-13-15-22(16-14-21)26-20-12-10-18-24(5,6)8-2;;/h13-16H,7-8,17-20H2,1-6H3;2*1H/q+2;;/p-2. The quantitative estimate of drug-likeness (QED) is 0.174. The van der Waals surface area contributed by atoms with Gasteiger partial charge in [0, 0.05) is 0 Å². The van der Waals surface area contributed by atoms with Gasteiger partial charge in [-0.25, -0.2) is 0 Å². The molecule has 0 unspecified atom stereocenters. The summed E-state index contributed by atoms with van der Waals surface area (Å²) in [5, 5.41) is 0. The van der Waals surface area contributed by atoms with Crippen LogP contribution in [0.5, 0.6) is 11.5 Å². The van der Waals surface area contributed by atoms with Gasteiger partial charge in [-0.1, -0.05) is 11.8 Å². The molecule has 28 heavy (non-hydrogen) atoms. The SMILES string of the molecule is CC[N+](C)(C)CC#CCOc1ccc(OCC#CC[N+](C)(C)CC)cc1.[I-].[I-]. The Hall–Kier alpha value is -0.680. The average Bonchev–Trinajstić information content (AvgIpc) is 2.62. The van der Waals surface area contributed by atoms with E-state index in [1.807, 2.05) is 24.3 Å². The summed E-state index contributed by atoms with van der Waals surface area (Å²) in [4.78, 5) is 0. The normalized spacial score (nSPS) is 10.2. The van der Waals surface area contributed by atoms with Crippen LogP contribution >= 0.6 is 0 Å². The van der Waals surface area contributed by atoms with Gasteiger partial charge in [-0.3, -0.25) is 0 Å². The summed E-state index contributed by atoms with van der Waals surface area (Å²) in [5.41, 5.74) is 0. The number of hydrogen-bond donors (Lipinski definition) is 0. The zero-order valence-corrected chi connectivity index (χ0v) is 22.3.